The van der Waals surface area contributed by atoms with Crippen LogP contribution in [-0.4, -0.2) is 13.2 Å². The monoisotopic (exact) mass is 376 g/mol. The van der Waals surface area contributed by atoms with E-state index in [-0.39, 0.29) is 5.41 Å². The summed E-state index contributed by atoms with van der Waals surface area (Å²) in [5.41, 5.74) is 5.39. The minimum absolute atomic E-state index is 0.0288. The van der Waals surface area contributed by atoms with E-state index in [4.69, 9.17) is 9.47 Å². The molecule has 28 heavy (non-hydrogen) atoms. The third kappa shape index (κ3) is 5.92. The summed E-state index contributed by atoms with van der Waals surface area (Å²) in [7, 11) is 0. The first-order valence-corrected chi connectivity index (χ1v) is 10.3. The fourth-order valence-corrected chi connectivity index (χ4v) is 3.92. The van der Waals surface area contributed by atoms with E-state index in [1.165, 1.54) is 22.3 Å². The number of benzene rings is 2. The Morgan fingerprint density at radius 1 is 0.821 bits per heavy atom. The third-order valence-corrected chi connectivity index (χ3v) is 5.35. The van der Waals surface area contributed by atoms with Crippen molar-refractivity contribution in [3.8, 4) is 0 Å². The molecule has 3 rings (SSSR count). The zero-order valence-electron chi connectivity index (χ0n) is 17.2. The zero-order valence-corrected chi connectivity index (χ0v) is 17.2. The molecule has 0 unspecified atom stereocenters. The molecule has 0 bridgehead atoms. The lowest BCUT2D eigenvalue weighted by Gasteiger charge is -2.29. The molecule has 0 spiro atoms. The summed E-state index contributed by atoms with van der Waals surface area (Å²) >= 11 is 0. The SMILES string of the molecule is CC/C=C/C1=C(C)CC(COCc2ccccc2)(COCc2ccccc2)C1. The van der Waals surface area contributed by atoms with Gasteiger partial charge in [0.1, 0.15) is 0 Å². The molecular weight excluding hydrogens is 344 g/mol. The molecule has 1 aliphatic rings. The van der Waals surface area contributed by atoms with Crippen LogP contribution in [0.25, 0.3) is 0 Å². The highest BCUT2D eigenvalue weighted by Gasteiger charge is 2.37. The highest BCUT2D eigenvalue weighted by Crippen LogP contribution is 2.43. The van der Waals surface area contributed by atoms with Gasteiger partial charge in [-0.15, -0.1) is 0 Å². The molecule has 148 valence electrons. The Balaban J connectivity index is 1.61. The van der Waals surface area contributed by atoms with Crippen LogP contribution in [0.3, 0.4) is 0 Å². The molecule has 0 amide bonds. The number of hydrogen-bond donors (Lipinski definition) is 0. The Morgan fingerprint density at radius 2 is 1.36 bits per heavy atom. The molecule has 0 aromatic heterocycles. The van der Waals surface area contributed by atoms with Crippen molar-refractivity contribution in [3.63, 3.8) is 0 Å². The van der Waals surface area contributed by atoms with Crippen molar-refractivity contribution in [2.45, 2.75) is 46.3 Å². The van der Waals surface area contributed by atoms with Gasteiger partial charge in [0.05, 0.1) is 26.4 Å². The van der Waals surface area contributed by atoms with Crippen molar-refractivity contribution >= 4 is 0 Å². The average molecular weight is 377 g/mol. The smallest absolute Gasteiger partial charge is 0.0717 e. The van der Waals surface area contributed by atoms with Crippen LogP contribution in [0, 0.1) is 5.41 Å². The molecule has 0 saturated carbocycles. The van der Waals surface area contributed by atoms with E-state index in [1.54, 1.807) is 0 Å². The second kappa shape index (κ2) is 10.4. The first-order chi connectivity index (χ1) is 13.7. The average Bonchev–Trinajstić information content (AvgIpc) is 3.03. The maximum atomic E-state index is 6.18. The van der Waals surface area contributed by atoms with Crippen molar-refractivity contribution in [3.05, 3.63) is 95.1 Å². The van der Waals surface area contributed by atoms with E-state index in [1.807, 2.05) is 12.1 Å². The van der Waals surface area contributed by atoms with E-state index in [2.05, 4.69) is 74.5 Å². The highest BCUT2D eigenvalue weighted by atomic mass is 16.5. The number of allylic oxidation sites excluding steroid dienone is 4. The van der Waals surface area contributed by atoms with Crippen LogP contribution in [-0.2, 0) is 22.7 Å². The predicted octanol–water partition coefficient (Wildman–Crippen LogP) is 6.48. The predicted molar refractivity (Wildman–Crippen MR) is 116 cm³/mol. The molecule has 1 aliphatic carbocycles. The van der Waals surface area contributed by atoms with Crippen molar-refractivity contribution < 1.29 is 9.47 Å². The first-order valence-electron chi connectivity index (χ1n) is 10.3. The van der Waals surface area contributed by atoms with Gasteiger partial charge in [-0.3, -0.25) is 0 Å². The molecule has 2 aromatic rings. The van der Waals surface area contributed by atoms with Crippen LogP contribution >= 0.6 is 0 Å². The summed E-state index contributed by atoms with van der Waals surface area (Å²) < 4.78 is 12.4. The standard InChI is InChI=1S/C26H32O2/c1-3-4-15-25-17-26(16-22(25)2,20-27-18-23-11-7-5-8-12-23)21-28-19-24-13-9-6-10-14-24/h4-15H,3,16-21H2,1-2H3/b15-4+. The van der Waals surface area contributed by atoms with Gasteiger partial charge in [-0.1, -0.05) is 85.3 Å². The van der Waals surface area contributed by atoms with Crippen LogP contribution in [0.5, 0.6) is 0 Å². The quantitative estimate of drug-likeness (QED) is 0.472. The molecule has 0 fully saturated rings. The Kier molecular flexibility index (Phi) is 7.64. The van der Waals surface area contributed by atoms with Crippen LogP contribution in [0.15, 0.2) is 84.0 Å². The fourth-order valence-electron chi connectivity index (χ4n) is 3.92. The van der Waals surface area contributed by atoms with Gasteiger partial charge in [-0.2, -0.15) is 0 Å². The van der Waals surface area contributed by atoms with E-state index >= 15 is 0 Å². The lowest BCUT2D eigenvalue weighted by Crippen LogP contribution is -2.30. The van der Waals surface area contributed by atoms with Crippen molar-refractivity contribution in [2.24, 2.45) is 5.41 Å². The molecule has 0 radical (unpaired) electrons. The minimum Gasteiger partial charge on any atom is -0.376 e. The summed E-state index contributed by atoms with van der Waals surface area (Å²) in [5.74, 6) is 0. The van der Waals surface area contributed by atoms with Crippen LogP contribution in [0.1, 0.15) is 44.2 Å². The molecule has 2 heteroatoms. The van der Waals surface area contributed by atoms with Crippen molar-refractivity contribution in [1.29, 1.82) is 0 Å². The second-order valence-electron chi connectivity index (χ2n) is 7.93. The van der Waals surface area contributed by atoms with E-state index in [9.17, 15) is 0 Å². The Morgan fingerprint density at radius 3 is 1.86 bits per heavy atom. The summed E-state index contributed by atoms with van der Waals surface area (Å²) in [6, 6.07) is 20.8. The summed E-state index contributed by atoms with van der Waals surface area (Å²) in [4.78, 5) is 0. The highest BCUT2D eigenvalue weighted by molar-refractivity contribution is 5.32. The Labute approximate surface area is 169 Å². The molecular formula is C26H32O2. The van der Waals surface area contributed by atoms with Gasteiger partial charge in [0.2, 0.25) is 0 Å². The second-order valence-corrected chi connectivity index (χ2v) is 7.93. The molecule has 0 N–H and O–H groups in total. The topological polar surface area (TPSA) is 18.5 Å². The van der Waals surface area contributed by atoms with Gasteiger partial charge < -0.3 is 9.47 Å². The maximum absolute atomic E-state index is 6.18. The van der Waals surface area contributed by atoms with Gasteiger partial charge in [0.15, 0.2) is 0 Å². The summed E-state index contributed by atoms with van der Waals surface area (Å²) in [5, 5.41) is 0. The van der Waals surface area contributed by atoms with Crippen LogP contribution in [0.2, 0.25) is 0 Å². The third-order valence-electron chi connectivity index (χ3n) is 5.35. The van der Waals surface area contributed by atoms with Crippen LogP contribution in [0.4, 0.5) is 0 Å². The Bertz CT molecular complexity index is 729. The zero-order chi connectivity index (χ0) is 19.7. The van der Waals surface area contributed by atoms with Gasteiger partial charge in [-0.05, 0) is 42.9 Å². The van der Waals surface area contributed by atoms with Gasteiger partial charge >= 0.3 is 0 Å². The molecule has 0 aliphatic heterocycles. The number of rotatable bonds is 10. The molecule has 0 saturated heterocycles. The largest absolute Gasteiger partial charge is 0.376 e. The lowest BCUT2D eigenvalue weighted by molar-refractivity contribution is -0.0280. The molecule has 0 heterocycles. The molecule has 2 nitrogen and oxygen atoms in total. The first kappa shape index (κ1) is 20.6. The van der Waals surface area contributed by atoms with E-state index in [0.29, 0.717) is 13.2 Å². The van der Waals surface area contributed by atoms with E-state index < -0.39 is 0 Å². The normalized spacial score (nSPS) is 16.2. The number of hydrogen-bond acceptors (Lipinski definition) is 2. The molecule has 0 atom stereocenters. The fraction of sp³-hybridized carbons (Fsp3) is 0.385. The van der Waals surface area contributed by atoms with Crippen molar-refractivity contribution in [1.82, 2.24) is 0 Å². The summed E-state index contributed by atoms with van der Waals surface area (Å²) in [6.07, 6.45) is 7.69. The lowest BCUT2D eigenvalue weighted by atomic mass is 9.85. The van der Waals surface area contributed by atoms with Gasteiger partial charge in [0.25, 0.3) is 0 Å². The van der Waals surface area contributed by atoms with Gasteiger partial charge in [-0.25, -0.2) is 0 Å². The minimum atomic E-state index is 0.0288. The van der Waals surface area contributed by atoms with Crippen molar-refractivity contribution in [2.75, 3.05) is 13.2 Å². The van der Waals surface area contributed by atoms with Crippen LogP contribution < -0.4 is 0 Å². The maximum Gasteiger partial charge on any atom is 0.0717 e. The number of ether oxygens (including phenoxy) is 2. The Hall–Kier alpha value is -2.16. The van der Waals surface area contributed by atoms with Gasteiger partial charge in [0, 0.05) is 5.41 Å². The van der Waals surface area contributed by atoms with E-state index in [0.717, 1.165) is 32.5 Å². The summed E-state index contributed by atoms with van der Waals surface area (Å²) in [6.45, 7) is 7.18. The molecule has 2 aromatic carbocycles.